The Morgan fingerprint density at radius 2 is 2.15 bits per heavy atom. The smallest absolute Gasteiger partial charge is 0.189 e. The first kappa shape index (κ1) is 13.9. The fraction of sp³-hybridized carbons (Fsp3) is 0.286. The van der Waals surface area contributed by atoms with Gasteiger partial charge in [-0.25, -0.2) is 4.39 Å². The van der Waals surface area contributed by atoms with Crippen LogP contribution in [0.15, 0.2) is 18.3 Å². The van der Waals surface area contributed by atoms with Gasteiger partial charge in [0.15, 0.2) is 11.7 Å². The van der Waals surface area contributed by atoms with Gasteiger partial charge < -0.3 is 0 Å². The van der Waals surface area contributed by atoms with Crippen molar-refractivity contribution in [2.45, 2.75) is 19.8 Å². The summed E-state index contributed by atoms with van der Waals surface area (Å²) >= 11 is 0. The molecule has 2 aromatic heterocycles. The highest BCUT2D eigenvalue weighted by molar-refractivity contribution is 6.04. The number of hydrogen-bond donors (Lipinski definition) is 0. The molecule has 0 saturated carbocycles. The van der Waals surface area contributed by atoms with Crippen molar-refractivity contribution in [1.29, 1.82) is 5.26 Å². The summed E-state index contributed by atoms with van der Waals surface area (Å²) in [7, 11) is 1.73. The van der Waals surface area contributed by atoms with Crippen LogP contribution in [0.4, 0.5) is 4.39 Å². The van der Waals surface area contributed by atoms with Gasteiger partial charge in [0.1, 0.15) is 5.82 Å². The number of nitrogens with zero attached hydrogens (tertiary/aromatic N) is 4. The van der Waals surface area contributed by atoms with Crippen LogP contribution >= 0.6 is 0 Å². The normalized spacial score (nSPS) is 11.9. The minimum absolute atomic E-state index is 0.238. The Hall–Kier alpha value is -2.55. The molecule has 2 rings (SSSR count). The van der Waals surface area contributed by atoms with E-state index in [4.69, 9.17) is 0 Å². The Labute approximate surface area is 115 Å². The number of carbonyl (C=O) groups excluding carboxylic acids is 1. The summed E-state index contributed by atoms with van der Waals surface area (Å²) in [6, 6.07) is 4.46. The molecule has 2 heterocycles. The predicted molar refractivity (Wildman–Crippen MR) is 69.6 cm³/mol. The van der Waals surface area contributed by atoms with Gasteiger partial charge in [-0.2, -0.15) is 10.4 Å². The van der Waals surface area contributed by atoms with Crippen molar-refractivity contribution >= 4 is 5.78 Å². The molecule has 0 saturated heterocycles. The second kappa shape index (κ2) is 5.21. The van der Waals surface area contributed by atoms with Crippen LogP contribution in [-0.2, 0) is 7.05 Å². The molecule has 1 atom stereocenters. The van der Waals surface area contributed by atoms with Crippen LogP contribution in [0.1, 0.15) is 33.4 Å². The molecular weight excluding hydrogens is 259 g/mol. The number of aryl methyl sites for hydroxylation is 2. The van der Waals surface area contributed by atoms with Crippen molar-refractivity contribution in [1.82, 2.24) is 14.8 Å². The largest absolute Gasteiger partial charge is 0.292 e. The molecule has 20 heavy (non-hydrogen) atoms. The van der Waals surface area contributed by atoms with Crippen molar-refractivity contribution < 1.29 is 9.18 Å². The average Bonchev–Trinajstić information content (AvgIpc) is 2.66. The van der Waals surface area contributed by atoms with Gasteiger partial charge >= 0.3 is 0 Å². The maximum atomic E-state index is 12.9. The molecule has 102 valence electrons. The van der Waals surface area contributed by atoms with Crippen molar-refractivity contribution in [2.75, 3.05) is 0 Å². The van der Waals surface area contributed by atoms with Crippen molar-refractivity contribution in [2.24, 2.45) is 7.05 Å². The Bertz CT molecular complexity index is 697. The minimum Gasteiger partial charge on any atom is -0.292 e. The molecule has 0 unspecified atom stereocenters. The predicted octanol–water partition coefficient (Wildman–Crippen LogP) is 2.06. The second-order valence-corrected chi connectivity index (χ2v) is 4.50. The van der Waals surface area contributed by atoms with Crippen LogP contribution in [0.3, 0.4) is 0 Å². The maximum Gasteiger partial charge on any atom is 0.189 e. The topological polar surface area (TPSA) is 71.6 Å². The average molecular weight is 272 g/mol. The minimum atomic E-state index is -1.06. The number of pyridine rings is 1. The van der Waals surface area contributed by atoms with E-state index in [0.29, 0.717) is 17.0 Å². The Morgan fingerprint density at radius 1 is 1.45 bits per heavy atom. The van der Waals surface area contributed by atoms with Gasteiger partial charge in [-0.05, 0) is 26.0 Å². The van der Waals surface area contributed by atoms with E-state index in [-0.39, 0.29) is 11.5 Å². The Morgan fingerprint density at radius 3 is 2.60 bits per heavy atom. The molecule has 0 aliphatic heterocycles. The van der Waals surface area contributed by atoms with E-state index in [1.165, 1.54) is 12.1 Å². The fourth-order valence-electron chi connectivity index (χ4n) is 2.09. The first-order chi connectivity index (χ1) is 9.45. The van der Waals surface area contributed by atoms with Crippen molar-refractivity contribution in [3.63, 3.8) is 0 Å². The van der Waals surface area contributed by atoms with E-state index in [1.807, 2.05) is 6.07 Å². The Balaban J connectivity index is 2.45. The van der Waals surface area contributed by atoms with Crippen LogP contribution in [0.2, 0.25) is 0 Å². The number of rotatable bonds is 3. The maximum absolute atomic E-state index is 12.9. The van der Waals surface area contributed by atoms with Gasteiger partial charge in [0, 0.05) is 12.7 Å². The van der Waals surface area contributed by atoms with Crippen LogP contribution in [0.25, 0.3) is 0 Å². The number of nitriles is 1. The third kappa shape index (κ3) is 2.30. The number of carbonyl (C=O) groups is 1. The first-order valence-corrected chi connectivity index (χ1v) is 6.01. The van der Waals surface area contributed by atoms with Crippen LogP contribution < -0.4 is 0 Å². The summed E-state index contributed by atoms with van der Waals surface area (Å²) in [5, 5.41) is 13.4. The van der Waals surface area contributed by atoms with E-state index < -0.39 is 11.7 Å². The molecule has 6 heteroatoms. The summed E-state index contributed by atoms with van der Waals surface area (Å²) < 4.78 is 14.5. The molecule has 0 aliphatic carbocycles. The third-order valence-electron chi connectivity index (χ3n) is 3.19. The van der Waals surface area contributed by atoms with Gasteiger partial charge in [0.25, 0.3) is 0 Å². The third-order valence-corrected chi connectivity index (χ3v) is 3.19. The van der Waals surface area contributed by atoms with Crippen molar-refractivity contribution in [3.05, 3.63) is 46.8 Å². The lowest BCUT2D eigenvalue weighted by Gasteiger charge is -2.08. The highest BCUT2D eigenvalue weighted by Crippen LogP contribution is 2.23. The molecule has 0 spiro atoms. The molecule has 0 N–H and O–H groups in total. The molecule has 5 nitrogen and oxygen atoms in total. The quantitative estimate of drug-likeness (QED) is 0.802. The number of hydrogen-bond acceptors (Lipinski definition) is 4. The summed E-state index contributed by atoms with van der Waals surface area (Å²) in [6.45, 7) is 3.48. The van der Waals surface area contributed by atoms with Crippen LogP contribution in [-0.4, -0.2) is 20.5 Å². The summed E-state index contributed by atoms with van der Waals surface area (Å²) in [5.74, 6) is -1.93. The number of Topliss-reactive ketones (excluding diaryl/α,β-unsaturated/α-hetero) is 1. The summed E-state index contributed by atoms with van der Waals surface area (Å²) in [5.41, 5.74) is 1.92. The van der Waals surface area contributed by atoms with Gasteiger partial charge in [-0.15, -0.1) is 0 Å². The van der Waals surface area contributed by atoms with E-state index >= 15 is 0 Å². The number of ketones is 1. The molecule has 0 aliphatic rings. The zero-order valence-corrected chi connectivity index (χ0v) is 11.4. The summed E-state index contributed by atoms with van der Waals surface area (Å²) in [6.07, 6.45) is 0.996. The number of aromatic nitrogens is 3. The van der Waals surface area contributed by atoms with Gasteiger partial charge in [-0.1, -0.05) is 0 Å². The molecule has 2 aromatic rings. The monoisotopic (exact) mass is 272 g/mol. The molecule has 0 amide bonds. The van der Waals surface area contributed by atoms with Gasteiger partial charge in [0.2, 0.25) is 0 Å². The lowest BCUT2D eigenvalue weighted by molar-refractivity contribution is 0.0976. The van der Waals surface area contributed by atoms with E-state index in [9.17, 15) is 14.4 Å². The zero-order valence-electron chi connectivity index (χ0n) is 11.4. The lowest BCUT2D eigenvalue weighted by atomic mass is 9.94. The molecule has 0 bridgehead atoms. The van der Waals surface area contributed by atoms with E-state index in [2.05, 4.69) is 10.1 Å². The SMILES string of the molecule is Cc1nn(C)c(C)c1C(=O)[C@@H](C#N)c1ccc(F)cn1. The van der Waals surface area contributed by atoms with Gasteiger partial charge in [0.05, 0.1) is 29.2 Å². The first-order valence-electron chi connectivity index (χ1n) is 6.01. The van der Waals surface area contributed by atoms with E-state index in [0.717, 1.165) is 6.20 Å². The van der Waals surface area contributed by atoms with Crippen molar-refractivity contribution in [3.8, 4) is 6.07 Å². The fourth-order valence-corrected chi connectivity index (χ4v) is 2.09. The molecule has 0 aromatic carbocycles. The Kier molecular flexibility index (Phi) is 3.61. The van der Waals surface area contributed by atoms with Crippen LogP contribution in [0.5, 0.6) is 0 Å². The lowest BCUT2D eigenvalue weighted by Crippen LogP contribution is -2.14. The molecular formula is C14H13FN4O. The van der Waals surface area contributed by atoms with Crippen LogP contribution in [0, 0.1) is 31.0 Å². The second-order valence-electron chi connectivity index (χ2n) is 4.50. The van der Waals surface area contributed by atoms with E-state index in [1.54, 1.807) is 25.6 Å². The standard InChI is InChI=1S/C14H13FN4O/c1-8-13(9(2)19(3)18-8)14(20)11(6-16)12-5-4-10(15)7-17-12/h4-5,7,11H,1-3H3/t11-/m0/s1. The van der Waals surface area contributed by atoms with Gasteiger partial charge in [-0.3, -0.25) is 14.5 Å². The highest BCUT2D eigenvalue weighted by atomic mass is 19.1. The summed E-state index contributed by atoms with van der Waals surface area (Å²) in [4.78, 5) is 16.3. The molecule has 0 fully saturated rings. The molecule has 0 radical (unpaired) electrons. The highest BCUT2D eigenvalue weighted by Gasteiger charge is 2.28. The zero-order chi connectivity index (χ0) is 14.9. The number of halogens is 1.